The second-order valence-corrected chi connectivity index (χ2v) is 5.60. The molecule has 0 aliphatic heterocycles. The van der Waals surface area contributed by atoms with E-state index in [1.807, 2.05) is 30.1 Å². The van der Waals surface area contributed by atoms with Crippen molar-refractivity contribution in [1.82, 2.24) is 9.78 Å². The van der Waals surface area contributed by atoms with E-state index in [0.717, 1.165) is 17.1 Å². The average Bonchev–Trinajstić information content (AvgIpc) is 2.52. The van der Waals surface area contributed by atoms with Gasteiger partial charge in [-0.25, -0.2) is 4.68 Å². The quantitative estimate of drug-likeness (QED) is 0.810. The molecule has 0 fully saturated rings. The number of rotatable bonds is 5. The van der Waals surface area contributed by atoms with Crippen LogP contribution in [0.5, 0.6) is 11.5 Å². The molecule has 0 aliphatic carbocycles. The van der Waals surface area contributed by atoms with E-state index in [-0.39, 0.29) is 5.56 Å². The van der Waals surface area contributed by atoms with E-state index >= 15 is 0 Å². The summed E-state index contributed by atoms with van der Waals surface area (Å²) >= 11 is 3.34. The molecular formula is C15H18BrN3O3. The number of ether oxygens (including phenoxy) is 2. The van der Waals surface area contributed by atoms with Crippen LogP contribution in [0.1, 0.15) is 5.56 Å². The molecule has 0 spiro atoms. The van der Waals surface area contributed by atoms with Gasteiger partial charge in [0.1, 0.15) is 16.0 Å². The molecule has 0 saturated heterocycles. The van der Waals surface area contributed by atoms with Crippen molar-refractivity contribution in [2.45, 2.75) is 6.54 Å². The Morgan fingerprint density at radius 2 is 2.05 bits per heavy atom. The lowest BCUT2D eigenvalue weighted by Crippen LogP contribution is -2.25. The minimum Gasteiger partial charge on any atom is -0.497 e. The zero-order chi connectivity index (χ0) is 16.3. The van der Waals surface area contributed by atoms with E-state index in [2.05, 4.69) is 21.0 Å². The van der Waals surface area contributed by atoms with Gasteiger partial charge in [-0.3, -0.25) is 4.79 Å². The Balaban J connectivity index is 2.35. The molecule has 6 nitrogen and oxygen atoms in total. The molecule has 0 saturated carbocycles. The lowest BCUT2D eigenvalue weighted by molar-refractivity contribution is 0.398. The van der Waals surface area contributed by atoms with Crippen molar-refractivity contribution in [2.75, 3.05) is 26.2 Å². The Morgan fingerprint density at radius 1 is 1.32 bits per heavy atom. The van der Waals surface area contributed by atoms with Crippen LogP contribution < -0.4 is 19.9 Å². The Hall–Kier alpha value is -2.02. The predicted molar refractivity (Wildman–Crippen MR) is 88.8 cm³/mol. The largest absolute Gasteiger partial charge is 0.497 e. The molecule has 118 valence electrons. The van der Waals surface area contributed by atoms with Gasteiger partial charge in [0.15, 0.2) is 0 Å². The fourth-order valence-electron chi connectivity index (χ4n) is 2.11. The van der Waals surface area contributed by atoms with Crippen LogP contribution in [0.25, 0.3) is 0 Å². The summed E-state index contributed by atoms with van der Waals surface area (Å²) < 4.78 is 12.4. The molecule has 2 rings (SSSR count). The monoisotopic (exact) mass is 367 g/mol. The maximum absolute atomic E-state index is 12.0. The highest BCUT2D eigenvalue weighted by Crippen LogP contribution is 2.28. The smallest absolute Gasteiger partial charge is 0.282 e. The van der Waals surface area contributed by atoms with Gasteiger partial charge >= 0.3 is 0 Å². The minimum atomic E-state index is -0.179. The number of hydrogen-bond donors (Lipinski definition) is 0. The van der Waals surface area contributed by atoms with Crippen molar-refractivity contribution in [3.8, 4) is 11.5 Å². The zero-order valence-corrected chi connectivity index (χ0v) is 14.5. The molecule has 0 amide bonds. The highest BCUT2D eigenvalue weighted by molar-refractivity contribution is 9.10. The van der Waals surface area contributed by atoms with E-state index in [1.165, 1.54) is 4.68 Å². The molecular weight excluding hydrogens is 350 g/mol. The summed E-state index contributed by atoms with van der Waals surface area (Å²) in [4.78, 5) is 13.9. The summed E-state index contributed by atoms with van der Waals surface area (Å²) in [5.41, 5.74) is 1.49. The van der Waals surface area contributed by atoms with E-state index in [0.29, 0.717) is 16.7 Å². The topological polar surface area (TPSA) is 56.6 Å². The maximum Gasteiger partial charge on any atom is 0.282 e. The van der Waals surface area contributed by atoms with Gasteiger partial charge in [-0.05, 0) is 34.1 Å². The molecule has 0 aliphatic rings. The molecule has 1 aromatic carbocycles. The molecule has 0 unspecified atom stereocenters. The van der Waals surface area contributed by atoms with Gasteiger partial charge in [-0.15, -0.1) is 0 Å². The zero-order valence-electron chi connectivity index (χ0n) is 13.0. The van der Waals surface area contributed by atoms with Crippen LogP contribution in [0.2, 0.25) is 0 Å². The molecule has 0 N–H and O–H groups in total. The third kappa shape index (κ3) is 3.24. The Labute approximate surface area is 137 Å². The van der Waals surface area contributed by atoms with Gasteiger partial charge in [0.2, 0.25) is 0 Å². The normalized spacial score (nSPS) is 10.4. The number of methoxy groups -OCH3 is 2. The van der Waals surface area contributed by atoms with Gasteiger partial charge < -0.3 is 14.4 Å². The fraction of sp³-hybridized carbons (Fsp3) is 0.333. The van der Waals surface area contributed by atoms with Crippen LogP contribution >= 0.6 is 15.9 Å². The van der Waals surface area contributed by atoms with Crippen molar-refractivity contribution in [3.05, 3.63) is 44.8 Å². The van der Waals surface area contributed by atoms with Crippen LogP contribution in [0, 0.1) is 0 Å². The third-order valence-electron chi connectivity index (χ3n) is 3.37. The summed E-state index contributed by atoms with van der Waals surface area (Å²) in [5, 5.41) is 4.06. The third-order valence-corrected chi connectivity index (χ3v) is 4.11. The van der Waals surface area contributed by atoms with Crippen molar-refractivity contribution >= 4 is 21.6 Å². The molecule has 0 atom stereocenters. The first kappa shape index (κ1) is 16.4. The van der Waals surface area contributed by atoms with E-state index in [4.69, 9.17) is 9.47 Å². The SMILES string of the molecule is COc1ccc(OC)c(CN(C)c2cnn(C)c(=O)c2Br)c1. The predicted octanol–water partition coefficient (Wildman–Crippen LogP) is 2.20. The summed E-state index contributed by atoms with van der Waals surface area (Å²) in [6, 6.07) is 5.62. The molecule has 7 heteroatoms. The first-order chi connectivity index (χ1) is 10.5. The Bertz CT molecular complexity index is 730. The molecule has 2 aromatic rings. The molecule has 1 heterocycles. The van der Waals surface area contributed by atoms with Crippen LogP contribution in [0.4, 0.5) is 5.69 Å². The number of aromatic nitrogens is 2. The van der Waals surface area contributed by atoms with Crippen molar-refractivity contribution in [3.63, 3.8) is 0 Å². The summed E-state index contributed by atoms with van der Waals surface area (Å²) in [6.45, 7) is 0.549. The van der Waals surface area contributed by atoms with Gasteiger partial charge in [-0.2, -0.15) is 5.10 Å². The van der Waals surface area contributed by atoms with E-state index in [9.17, 15) is 4.79 Å². The fourth-order valence-corrected chi connectivity index (χ4v) is 2.78. The van der Waals surface area contributed by atoms with Gasteiger partial charge in [0, 0.05) is 26.2 Å². The van der Waals surface area contributed by atoms with Gasteiger partial charge in [-0.1, -0.05) is 0 Å². The number of halogens is 1. The number of benzene rings is 1. The number of anilines is 1. The first-order valence-corrected chi connectivity index (χ1v) is 7.41. The maximum atomic E-state index is 12.0. The van der Waals surface area contributed by atoms with Crippen molar-refractivity contribution < 1.29 is 9.47 Å². The molecule has 1 aromatic heterocycles. The standard InChI is InChI=1S/C15H18BrN3O3/c1-18(12-8-17-19(2)15(20)14(12)16)9-10-7-11(21-3)5-6-13(10)22-4/h5-8H,9H2,1-4H3. The van der Waals surface area contributed by atoms with Gasteiger partial charge in [0.25, 0.3) is 5.56 Å². The van der Waals surface area contributed by atoms with Gasteiger partial charge in [0.05, 0.1) is 26.1 Å². The van der Waals surface area contributed by atoms with Crippen molar-refractivity contribution in [1.29, 1.82) is 0 Å². The lowest BCUT2D eigenvalue weighted by Gasteiger charge is -2.22. The number of nitrogens with zero attached hydrogens (tertiary/aromatic N) is 3. The minimum absolute atomic E-state index is 0.179. The Kier molecular flexibility index (Phi) is 5.07. The molecule has 0 bridgehead atoms. The summed E-state index contributed by atoms with van der Waals surface area (Å²) in [5.74, 6) is 1.52. The molecule has 0 radical (unpaired) electrons. The van der Waals surface area contributed by atoms with E-state index < -0.39 is 0 Å². The lowest BCUT2D eigenvalue weighted by atomic mass is 10.1. The van der Waals surface area contributed by atoms with Crippen LogP contribution in [0.3, 0.4) is 0 Å². The van der Waals surface area contributed by atoms with Crippen LogP contribution in [0.15, 0.2) is 33.7 Å². The number of hydrogen-bond acceptors (Lipinski definition) is 5. The molecule has 22 heavy (non-hydrogen) atoms. The highest BCUT2D eigenvalue weighted by Gasteiger charge is 2.14. The first-order valence-electron chi connectivity index (χ1n) is 6.61. The number of aryl methyl sites for hydroxylation is 1. The average molecular weight is 368 g/mol. The van der Waals surface area contributed by atoms with Crippen LogP contribution in [-0.4, -0.2) is 31.0 Å². The summed E-state index contributed by atoms with van der Waals surface area (Å²) in [7, 11) is 6.75. The van der Waals surface area contributed by atoms with E-state index in [1.54, 1.807) is 27.5 Å². The van der Waals surface area contributed by atoms with Crippen molar-refractivity contribution in [2.24, 2.45) is 7.05 Å². The highest BCUT2D eigenvalue weighted by atomic mass is 79.9. The Morgan fingerprint density at radius 3 is 2.68 bits per heavy atom. The second-order valence-electron chi connectivity index (χ2n) is 4.81. The summed E-state index contributed by atoms with van der Waals surface area (Å²) in [6.07, 6.45) is 1.65. The van der Waals surface area contributed by atoms with Crippen LogP contribution in [-0.2, 0) is 13.6 Å². The second kappa shape index (κ2) is 6.83.